The van der Waals surface area contributed by atoms with E-state index in [1.54, 1.807) is 18.2 Å². The predicted octanol–water partition coefficient (Wildman–Crippen LogP) is 3.18. The number of hydrogen-bond acceptors (Lipinski definition) is 3. The molecule has 5 heteroatoms. The molecule has 21 heavy (non-hydrogen) atoms. The summed E-state index contributed by atoms with van der Waals surface area (Å²) in [4.78, 5) is 23.6. The first-order valence-corrected chi connectivity index (χ1v) is 6.14. The van der Waals surface area contributed by atoms with Gasteiger partial charge in [-0.25, -0.2) is 4.79 Å². The molecule has 0 aliphatic heterocycles. The van der Waals surface area contributed by atoms with Gasteiger partial charge >= 0.3 is 11.9 Å². The molecule has 0 N–H and O–H groups in total. The van der Waals surface area contributed by atoms with Crippen molar-refractivity contribution in [3.05, 3.63) is 71.3 Å². The lowest BCUT2D eigenvalue weighted by Gasteiger charge is -2.17. The Morgan fingerprint density at radius 3 is 2.14 bits per heavy atom. The number of alkyl halides is 2. The van der Waals surface area contributed by atoms with Crippen LogP contribution < -0.4 is 0 Å². The van der Waals surface area contributed by atoms with Crippen LogP contribution in [0.5, 0.6) is 0 Å². The molecular weight excluding hydrogens is 278 g/mol. The number of carbonyl (C=O) groups excluding carboxylic acids is 2. The highest BCUT2D eigenvalue weighted by Crippen LogP contribution is 2.32. The van der Waals surface area contributed by atoms with Crippen molar-refractivity contribution in [3.63, 3.8) is 0 Å². The van der Waals surface area contributed by atoms with Crippen LogP contribution in [0.4, 0.5) is 8.78 Å². The van der Waals surface area contributed by atoms with Crippen LogP contribution in [0.25, 0.3) is 0 Å². The van der Waals surface area contributed by atoms with E-state index in [1.165, 1.54) is 30.3 Å². The molecule has 0 aliphatic rings. The van der Waals surface area contributed by atoms with Crippen LogP contribution in [-0.4, -0.2) is 18.9 Å². The van der Waals surface area contributed by atoms with Gasteiger partial charge in [-0.15, -0.1) is 0 Å². The van der Waals surface area contributed by atoms with E-state index < -0.39 is 23.2 Å². The second kappa shape index (κ2) is 5.83. The minimum Gasteiger partial charge on any atom is -0.464 e. The SMILES string of the molecule is COC(=O)C(F)(F)c1ccccc1C(=O)c1ccccc1. The first-order valence-electron chi connectivity index (χ1n) is 6.14. The number of benzene rings is 2. The summed E-state index contributed by atoms with van der Waals surface area (Å²) in [6.07, 6.45) is 0. The van der Waals surface area contributed by atoms with Crippen molar-refractivity contribution in [3.8, 4) is 0 Å². The van der Waals surface area contributed by atoms with Gasteiger partial charge in [0.2, 0.25) is 0 Å². The van der Waals surface area contributed by atoms with Crippen molar-refractivity contribution in [1.82, 2.24) is 0 Å². The van der Waals surface area contributed by atoms with Crippen LogP contribution in [0.2, 0.25) is 0 Å². The molecule has 2 aromatic carbocycles. The second-order valence-corrected chi connectivity index (χ2v) is 4.31. The van der Waals surface area contributed by atoms with Gasteiger partial charge < -0.3 is 4.74 Å². The van der Waals surface area contributed by atoms with E-state index in [9.17, 15) is 18.4 Å². The monoisotopic (exact) mass is 290 g/mol. The molecule has 0 amide bonds. The quantitative estimate of drug-likeness (QED) is 0.641. The Balaban J connectivity index is 2.52. The van der Waals surface area contributed by atoms with Crippen molar-refractivity contribution in [2.75, 3.05) is 7.11 Å². The minimum atomic E-state index is -3.88. The summed E-state index contributed by atoms with van der Waals surface area (Å²) in [5.74, 6) is -6.15. The van der Waals surface area contributed by atoms with Gasteiger partial charge in [0, 0.05) is 16.7 Å². The average Bonchev–Trinajstić information content (AvgIpc) is 2.54. The summed E-state index contributed by atoms with van der Waals surface area (Å²) in [6.45, 7) is 0. The molecule has 0 aliphatic carbocycles. The van der Waals surface area contributed by atoms with Crippen LogP contribution >= 0.6 is 0 Å². The Morgan fingerprint density at radius 1 is 0.952 bits per heavy atom. The molecular formula is C16H12F2O3. The van der Waals surface area contributed by atoms with E-state index in [0.29, 0.717) is 0 Å². The summed E-state index contributed by atoms with van der Waals surface area (Å²) in [6, 6.07) is 13.1. The summed E-state index contributed by atoms with van der Waals surface area (Å²) < 4.78 is 32.2. The van der Waals surface area contributed by atoms with Crippen LogP contribution in [0.1, 0.15) is 21.5 Å². The van der Waals surface area contributed by atoms with E-state index in [1.807, 2.05) is 0 Å². The van der Waals surface area contributed by atoms with E-state index in [2.05, 4.69) is 4.74 Å². The van der Waals surface area contributed by atoms with Crippen LogP contribution in [0.3, 0.4) is 0 Å². The molecule has 0 radical (unpaired) electrons. The Morgan fingerprint density at radius 2 is 1.52 bits per heavy atom. The number of methoxy groups -OCH3 is 1. The lowest BCUT2D eigenvalue weighted by Crippen LogP contribution is -2.29. The van der Waals surface area contributed by atoms with E-state index >= 15 is 0 Å². The van der Waals surface area contributed by atoms with Crippen molar-refractivity contribution in [2.24, 2.45) is 0 Å². The zero-order chi connectivity index (χ0) is 15.5. The highest BCUT2D eigenvalue weighted by atomic mass is 19.3. The number of carbonyl (C=O) groups is 2. The smallest absolute Gasteiger partial charge is 0.381 e. The van der Waals surface area contributed by atoms with E-state index in [-0.39, 0.29) is 11.1 Å². The maximum Gasteiger partial charge on any atom is 0.381 e. The molecule has 3 nitrogen and oxygen atoms in total. The van der Waals surface area contributed by atoms with Gasteiger partial charge in [-0.2, -0.15) is 8.78 Å². The molecule has 0 saturated heterocycles. The number of halogens is 2. The molecule has 108 valence electrons. The van der Waals surface area contributed by atoms with Gasteiger partial charge in [-0.1, -0.05) is 54.6 Å². The van der Waals surface area contributed by atoms with E-state index in [0.717, 1.165) is 13.2 Å². The topological polar surface area (TPSA) is 43.4 Å². The van der Waals surface area contributed by atoms with Gasteiger partial charge in [0.25, 0.3) is 0 Å². The molecule has 2 rings (SSSR count). The van der Waals surface area contributed by atoms with Gasteiger partial charge in [-0.05, 0) is 0 Å². The third-order valence-electron chi connectivity index (χ3n) is 2.99. The number of ether oxygens (including phenoxy) is 1. The standard InChI is InChI=1S/C16H12F2O3/c1-21-15(20)16(17,18)13-10-6-5-9-12(13)14(19)11-7-3-2-4-8-11/h2-10H,1H3. The molecule has 0 aromatic heterocycles. The maximum atomic E-state index is 14.1. The van der Waals surface area contributed by atoms with Gasteiger partial charge in [-0.3, -0.25) is 4.79 Å². The number of hydrogen-bond donors (Lipinski definition) is 0. The summed E-state index contributed by atoms with van der Waals surface area (Å²) >= 11 is 0. The van der Waals surface area contributed by atoms with Crippen molar-refractivity contribution in [2.45, 2.75) is 5.92 Å². The Labute approximate surface area is 120 Å². The summed E-state index contributed by atoms with van der Waals surface area (Å²) in [5, 5.41) is 0. The Kier molecular flexibility index (Phi) is 4.12. The fourth-order valence-corrected chi connectivity index (χ4v) is 1.94. The molecule has 0 atom stereocenters. The number of rotatable bonds is 4. The van der Waals surface area contributed by atoms with Crippen LogP contribution in [0, 0.1) is 0 Å². The van der Waals surface area contributed by atoms with E-state index in [4.69, 9.17) is 0 Å². The molecule has 0 saturated carbocycles. The number of ketones is 1. The van der Waals surface area contributed by atoms with Gasteiger partial charge in [0.05, 0.1) is 7.11 Å². The van der Waals surface area contributed by atoms with Crippen molar-refractivity contribution >= 4 is 11.8 Å². The van der Waals surface area contributed by atoms with Gasteiger partial charge in [0.15, 0.2) is 5.78 Å². The van der Waals surface area contributed by atoms with Crippen molar-refractivity contribution < 1.29 is 23.1 Å². The van der Waals surface area contributed by atoms with Crippen molar-refractivity contribution in [1.29, 1.82) is 0 Å². The molecule has 0 heterocycles. The van der Waals surface area contributed by atoms with Gasteiger partial charge in [0.1, 0.15) is 0 Å². The second-order valence-electron chi connectivity index (χ2n) is 4.31. The molecule has 0 spiro atoms. The third-order valence-corrected chi connectivity index (χ3v) is 2.99. The zero-order valence-electron chi connectivity index (χ0n) is 11.2. The fraction of sp³-hybridized carbons (Fsp3) is 0.125. The lowest BCUT2D eigenvalue weighted by atomic mass is 9.95. The molecule has 0 bridgehead atoms. The molecule has 2 aromatic rings. The Bertz CT molecular complexity index is 666. The number of esters is 1. The highest BCUT2D eigenvalue weighted by Gasteiger charge is 2.44. The summed E-state index contributed by atoms with van der Waals surface area (Å²) in [7, 11) is 0.873. The lowest BCUT2D eigenvalue weighted by molar-refractivity contribution is -0.170. The Hall–Kier alpha value is -2.56. The fourth-order valence-electron chi connectivity index (χ4n) is 1.94. The largest absolute Gasteiger partial charge is 0.464 e. The predicted molar refractivity (Wildman–Crippen MR) is 72.2 cm³/mol. The highest BCUT2D eigenvalue weighted by molar-refractivity contribution is 6.10. The zero-order valence-corrected chi connectivity index (χ0v) is 11.2. The normalized spacial score (nSPS) is 11.0. The van der Waals surface area contributed by atoms with Crippen LogP contribution in [-0.2, 0) is 15.5 Å². The third kappa shape index (κ3) is 2.81. The summed E-state index contributed by atoms with van der Waals surface area (Å²) in [5.41, 5.74) is -0.615. The molecule has 0 unspecified atom stereocenters. The average molecular weight is 290 g/mol. The van der Waals surface area contributed by atoms with Crippen LogP contribution in [0.15, 0.2) is 54.6 Å². The first kappa shape index (κ1) is 14.8. The minimum absolute atomic E-state index is 0.223. The maximum absolute atomic E-state index is 14.1. The first-order chi connectivity index (χ1) is 9.98. The molecule has 0 fully saturated rings.